The summed E-state index contributed by atoms with van der Waals surface area (Å²) in [6.07, 6.45) is 1.69. The van der Waals surface area contributed by atoms with E-state index in [0.29, 0.717) is 11.8 Å². The highest BCUT2D eigenvalue weighted by Crippen LogP contribution is 2.41. The number of ether oxygens (including phenoxy) is 2. The van der Waals surface area contributed by atoms with Gasteiger partial charge in [0.05, 0.1) is 12.1 Å². The lowest BCUT2D eigenvalue weighted by Crippen LogP contribution is -2.51. The molecule has 160 valence electrons. The molecule has 4 bridgehead atoms. The summed E-state index contributed by atoms with van der Waals surface area (Å²) in [6.45, 7) is 12.8. The van der Waals surface area contributed by atoms with Gasteiger partial charge in [-0.15, -0.1) is 0 Å². The number of rotatable bonds is 0. The van der Waals surface area contributed by atoms with Gasteiger partial charge in [-0.2, -0.15) is 0 Å². The molecule has 0 aromatic carbocycles. The van der Waals surface area contributed by atoms with Crippen LogP contribution < -0.4 is 11.5 Å². The van der Waals surface area contributed by atoms with E-state index >= 15 is 0 Å². The predicted octanol–water partition coefficient (Wildman–Crippen LogP) is 1.91. The number of hydrogen-bond acceptors (Lipinski definition) is 6. The zero-order valence-electron chi connectivity index (χ0n) is 18.0. The van der Waals surface area contributed by atoms with Crippen LogP contribution in [0.15, 0.2) is 0 Å². The van der Waals surface area contributed by atoms with E-state index in [1.54, 1.807) is 9.80 Å². The smallest absolute Gasteiger partial charge is 0.410 e. The second kappa shape index (κ2) is 7.06. The Balaban J connectivity index is 0.000000161. The molecule has 8 nitrogen and oxygen atoms in total. The first-order chi connectivity index (χ1) is 12.8. The van der Waals surface area contributed by atoms with Crippen molar-refractivity contribution in [2.75, 3.05) is 13.1 Å². The Morgan fingerprint density at radius 2 is 1.07 bits per heavy atom. The molecule has 8 heteroatoms. The minimum absolute atomic E-state index is 0.183. The summed E-state index contributed by atoms with van der Waals surface area (Å²) >= 11 is 0. The van der Waals surface area contributed by atoms with Crippen LogP contribution in [-0.4, -0.2) is 70.4 Å². The molecule has 4 aliphatic heterocycles. The van der Waals surface area contributed by atoms with Gasteiger partial charge in [0.2, 0.25) is 0 Å². The SMILES string of the molecule is CC(C)(C)OC(=O)N1C[C@@H]2C[C@H]1[C@H]2N.CC(C)(C)OC(=O)N1C[C@H]2C[C@@H]1[C@@H]2N. The van der Waals surface area contributed by atoms with Crippen LogP contribution in [0.2, 0.25) is 0 Å². The molecule has 6 rings (SSSR count). The third-order valence-electron chi connectivity index (χ3n) is 5.98. The lowest BCUT2D eigenvalue weighted by Gasteiger charge is -2.33. The minimum Gasteiger partial charge on any atom is -0.444 e. The summed E-state index contributed by atoms with van der Waals surface area (Å²) < 4.78 is 10.6. The fraction of sp³-hybridized carbons (Fsp3) is 0.900. The molecular formula is C20H36N4O4. The van der Waals surface area contributed by atoms with Gasteiger partial charge in [0, 0.05) is 25.2 Å². The Morgan fingerprint density at radius 1 is 0.750 bits per heavy atom. The van der Waals surface area contributed by atoms with Crippen LogP contribution in [0.25, 0.3) is 0 Å². The molecule has 2 aliphatic carbocycles. The maximum Gasteiger partial charge on any atom is 0.410 e. The van der Waals surface area contributed by atoms with Crippen molar-refractivity contribution < 1.29 is 19.1 Å². The van der Waals surface area contributed by atoms with Gasteiger partial charge in [-0.05, 0) is 66.2 Å². The van der Waals surface area contributed by atoms with E-state index in [1.807, 2.05) is 41.5 Å². The molecule has 2 saturated carbocycles. The molecule has 4 heterocycles. The van der Waals surface area contributed by atoms with E-state index in [1.165, 1.54) is 0 Å². The Hall–Kier alpha value is -1.54. The van der Waals surface area contributed by atoms with Crippen molar-refractivity contribution in [1.29, 1.82) is 0 Å². The van der Waals surface area contributed by atoms with Crippen LogP contribution in [0, 0.1) is 11.8 Å². The number of carbonyl (C=O) groups is 2. The molecule has 6 atom stereocenters. The van der Waals surface area contributed by atoms with Crippen LogP contribution >= 0.6 is 0 Å². The maximum absolute atomic E-state index is 11.7. The van der Waals surface area contributed by atoms with E-state index in [-0.39, 0.29) is 36.4 Å². The number of carbonyl (C=O) groups excluding carboxylic acids is 2. The average molecular weight is 397 g/mol. The van der Waals surface area contributed by atoms with Crippen molar-refractivity contribution in [3.05, 3.63) is 0 Å². The Labute approximate surface area is 167 Å². The Morgan fingerprint density at radius 3 is 1.25 bits per heavy atom. The van der Waals surface area contributed by atoms with Gasteiger partial charge in [-0.25, -0.2) is 9.59 Å². The van der Waals surface area contributed by atoms with E-state index < -0.39 is 11.2 Å². The molecule has 6 aliphatic rings. The topological polar surface area (TPSA) is 111 Å². The highest BCUT2D eigenvalue weighted by molar-refractivity contribution is 5.70. The molecule has 0 aromatic heterocycles. The van der Waals surface area contributed by atoms with Crippen LogP contribution in [0.5, 0.6) is 0 Å². The monoisotopic (exact) mass is 396 g/mol. The summed E-state index contributed by atoms with van der Waals surface area (Å²) in [5.41, 5.74) is 10.9. The normalized spacial score (nSPS) is 35.4. The average Bonchev–Trinajstić information content (AvgIpc) is 3.27. The molecule has 6 fully saturated rings. The second-order valence-corrected chi connectivity index (χ2v) is 10.5. The molecule has 0 radical (unpaired) electrons. The van der Waals surface area contributed by atoms with Gasteiger partial charge in [-0.3, -0.25) is 0 Å². The number of amides is 2. The lowest BCUT2D eigenvalue weighted by molar-refractivity contribution is 0.0224. The number of hydrogen-bond donors (Lipinski definition) is 2. The summed E-state index contributed by atoms with van der Waals surface area (Å²) in [6, 6.07) is 0.828. The molecule has 28 heavy (non-hydrogen) atoms. The van der Waals surface area contributed by atoms with Gasteiger partial charge in [0.15, 0.2) is 0 Å². The largest absolute Gasteiger partial charge is 0.444 e. The van der Waals surface area contributed by atoms with Gasteiger partial charge in [0.25, 0.3) is 0 Å². The van der Waals surface area contributed by atoms with Gasteiger partial charge >= 0.3 is 12.2 Å². The summed E-state index contributed by atoms with van der Waals surface area (Å²) in [4.78, 5) is 26.9. The molecule has 0 spiro atoms. The number of nitrogens with two attached hydrogens (primary N) is 2. The Bertz CT molecular complexity index is 573. The molecule has 4 saturated heterocycles. The first kappa shape index (κ1) is 21.2. The highest BCUT2D eigenvalue weighted by Gasteiger charge is 2.53. The molecule has 0 unspecified atom stereocenters. The molecule has 4 N–H and O–H groups in total. The summed E-state index contributed by atoms with van der Waals surface area (Å²) in [5.74, 6) is 1.01. The van der Waals surface area contributed by atoms with Crippen LogP contribution in [0.3, 0.4) is 0 Å². The van der Waals surface area contributed by atoms with Gasteiger partial charge < -0.3 is 30.7 Å². The molecule has 0 aromatic rings. The quantitative estimate of drug-likeness (QED) is 0.647. The standard InChI is InChI=1S/2C10H18N2O2/c2*1-10(2,3)14-9(13)12-5-6-4-7(12)8(6)11/h2*6-8H,4-5,11H2,1-3H3/t2*6-,7-,8-/m10/s1. The van der Waals surface area contributed by atoms with E-state index in [9.17, 15) is 9.59 Å². The van der Waals surface area contributed by atoms with E-state index in [4.69, 9.17) is 20.9 Å². The predicted molar refractivity (Wildman–Crippen MR) is 106 cm³/mol. The first-order valence-electron chi connectivity index (χ1n) is 10.3. The van der Waals surface area contributed by atoms with Crippen molar-refractivity contribution in [2.45, 2.75) is 89.8 Å². The summed E-state index contributed by atoms with van der Waals surface area (Å²) in [7, 11) is 0. The zero-order valence-corrected chi connectivity index (χ0v) is 18.0. The number of nitrogens with zero attached hydrogens (tertiary/aromatic N) is 2. The number of fused-ring (bicyclic) bond motifs is 2. The summed E-state index contributed by atoms with van der Waals surface area (Å²) in [5, 5.41) is 0. The van der Waals surface area contributed by atoms with Crippen molar-refractivity contribution in [3.8, 4) is 0 Å². The van der Waals surface area contributed by atoms with E-state index in [2.05, 4.69) is 0 Å². The minimum atomic E-state index is -0.409. The van der Waals surface area contributed by atoms with Crippen LogP contribution in [0.4, 0.5) is 9.59 Å². The van der Waals surface area contributed by atoms with Gasteiger partial charge in [0.1, 0.15) is 11.2 Å². The maximum atomic E-state index is 11.7. The lowest BCUT2D eigenvalue weighted by atomic mass is 9.81. The zero-order chi connectivity index (χ0) is 21.0. The molecule has 2 amide bonds. The van der Waals surface area contributed by atoms with Crippen molar-refractivity contribution >= 4 is 12.2 Å². The Kier molecular flexibility index (Phi) is 5.34. The van der Waals surface area contributed by atoms with E-state index in [0.717, 1.165) is 25.9 Å². The van der Waals surface area contributed by atoms with Crippen molar-refractivity contribution in [2.24, 2.45) is 23.3 Å². The fourth-order valence-electron chi connectivity index (χ4n) is 4.39. The van der Waals surface area contributed by atoms with Crippen LogP contribution in [0.1, 0.15) is 54.4 Å². The third-order valence-corrected chi connectivity index (χ3v) is 5.98. The van der Waals surface area contributed by atoms with Crippen molar-refractivity contribution in [1.82, 2.24) is 9.80 Å². The van der Waals surface area contributed by atoms with Crippen LogP contribution in [-0.2, 0) is 9.47 Å². The fourth-order valence-corrected chi connectivity index (χ4v) is 4.39. The first-order valence-corrected chi connectivity index (χ1v) is 10.3. The van der Waals surface area contributed by atoms with Gasteiger partial charge in [-0.1, -0.05) is 0 Å². The second-order valence-electron chi connectivity index (χ2n) is 10.5. The van der Waals surface area contributed by atoms with Crippen molar-refractivity contribution in [3.63, 3.8) is 0 Å². The molecular weight excluding hydrogens is 360 g/mol. The highest BCUT2D eigenvalue weighted by atomic mass is 16.6. The third kappa shape index (κ3) is 4.22.